The normalized spacial score (nSPS) is 18.9. The molecule has 0 saturated heterocycles. The molecule has 1 radical (unpaired) electrons. The van der Waals surface area contributed by atoms with Gasteiger partial charge in [-0.2, -0.15) is 0 Å². The molecule has 1 aromatic carbocycles. The van der Waals surface area contributed by atoms with Crippen LogP contribution in [0.5, 0.6) is 0 Å². The third kappa shape index (κ3) is 2.28. The molecular weight excluding hydrogens is 248 g/mol. The molecule has 0 N–H and O–H groups in total. The first-order valence-electron chi connectivity index (χ1n) is 5.67. The number of hydrogen-bond acceptors (Lipinski definition) is 0. The molecule has 0 spiro atoms. The monoisotopic (exact) mass is 265 g/mol. The van der Waals surface area contributed by atoms with Gasteiger partial charge in [-0.15, -0.1) is 0 Å². The molecule has 1 heteroatoms. The molecule has 0 atom stereocenters. The van der Waals surface area contributed by atoms with Crippen LogP contribution in [0.15, 0.2) is 28.7 Å². The predicted octanol–water partition coefficient (Wildman–Crippen LogP) is 4.88. The van der Waals surface area contributed by atoms with Crippen molar-refractivity contribution in [3.05, 3.63) is 40.2 Å². The summed E-state index contributed by atoms with van der Waals surface area (Å²) < 4.78 is 1.18. The smallest absolute Gasteiger partial charge is 0.0175 e. The Hall–Kier alpha value is -0.300. The second-order valence-corrected chi connectivity index (χ2v) is 5.94. The van der Waals surface area contributed by atoms with Gasteiger partial charge in [-0.05, 0) is 48.3 Å². The molecule has 1 aliphatic carbocycles. The van der Waals surface area contributed by atoms with Gasteiger partial charge in [0.2, 0.25) is 0 Å². The van der Waals surface area contributed by atoms with Crippen LogP contribution in [-0.2, 0) is 5.41 Å². The van der Waals surface area contributed by atoms with E-state index in [1.807, 2.05) is 0 Å². The Morgan fingerprint density at radius 1 is 1.20 bits per heavy atom. The van der Waals surface area contributed by atoms with E-state index in [-0.39, 0.29) is 0 Å². The highest BCUT2D eigenvalue weighted by atomic mass is 79.9. The summed E-state index contributed by atoms with van der Waals surface area (Å²) in [6.45, 7) is 4.50. The maximum absolute atomic E-state index is 3.50. The van der Waals surface area contributed by atoms with E-state index in [2.05, 4.69) is 54.0 Å². The third-order valence-corrected chi connectivity index (χ3v) is 3.99. The second kappa shape index (κ2) is 4.29. The van der Waals surface area contributed by atoms with Gasteiger partial charge < -0.3 is 0 Å². The fraction of sp³-hybridized carbons (Fsp3) is 0.500. The standard InChI is InChI=1S/C14H18Br/c1-11(2)10-14(8-3-9-14)12-4-6-13(15)7-5-12/h4-7H,3,8-10H2,1-2H3. The maximum atomic E-state index is 3.50. The fourth-order valence-corrected chi connectivity index (χ4v) is 2.92. The molecule has 0 heterocycles. The minimum absolute atomic E-state index is 0.472. The summed E-state index contributed by atoms with van der Waals surface area (Å²) in [7, 11) is 0. The SMILES string of the molecule is C[C](C)CC1(c2ccc(Br)cc2)CCC1. The van der Waals surface area contributed by atoms with Gasteiger partial charge in [0.25, 0.3) is 0 Å². The lowest BCUT2D eigenvalue weighted by molar-refractivity contribution is 0.232. The molecule has 81 valence electrons. The van der Waals surface area contributed by atoms with Gasteiger partial charge >= 0.3 is 0 Å². The van der Waals surface area contributed by atoms with E-state index < -0.39 is 0 Å². The van der Waals surface area contributed by atoms with Crippen molar-refractivity contribution in [3.8, 4) is 0 Å². The molecule has 1 aliphatic rings. The van der Waals surface area contributed by atoms with Crippen molar-refractivity contribution < 1.29 is 0 Å². The van der Waals surface area contributed by atoms with E-state index in [0.29, 0.717) is 5.41 Å². The van der Waals surface area contributed by atoms with Crippen molar-refractivity contribution in [1.29, 1.82) is 0 Å². The highest BCUT2D eigenvalue weighted by Gasteiger charge is 2.38. The summed E-state index contributed by atoms with van der Waals surface area (Å²) in [4.78, 5) is 0. The molecule has 1 fully saturated rings. The second-order valence-electron chi connectivity index (χ2n) is 5.02. The molecule has 0 unspecified atom stereocenters. The summed E-state index contributed by atoms with van der Waals surface area (Å²) in [6.07, 6.45) is 5.37. The largest absolute Gasteiger partial charge is 0.0594 e. The minimum Gasteiger partial charge on any atom is -0.0594 e. The first-order chi connectivity index (χ1) is 7.12. The van der Waals surface area contributed by atoms with E-state index >= 15 is 0 Å². The van der Waals surface area contributed by atoms with Gasteiger partial charge in [-0.25, -0.2) is 0 Å². The van der Waals surface area contributed by atoms with Crippen LogP contribution in [-0.4, -0.2) is 0 Å². The van der Waals surface area contributed by atoms with Gasteiger partial charge in [0.05, 0.1) is 0 Å². The zero-order chi connectivity index (χ0) is 10.9. The van der Waals surface area contributed by atoms with Gasteiger partial charge in [0, 0.05) is 4.47 Å². The van der Waals surface area contributed by atoms with Crippen molar-refractivity contribution in [1.82, 2.24) is 0 Å². The Balaban J connectivity index is 2.22. The number of rotatable bonds is 3. The number of hydrogen-bond donors (Lipinski definition) is 0. The summed E-state index contributed by atoms with van der Waals surface area (Å²) in [5, 5.41) is 0. The lowest BCUT2D eigenvalue weighted by Gasteiger charge is -2.44. The molecule has 1 saturated carbocycles. The molecule has 0 aromatic heterocycles. The van der Waals surface area contributed by atoms with Gasteiger partial charge in [0.15, 0.2) is 0 Å². The van der Waals surface area contributed by atoms with Crippen LogP contribution in [0.1, 0.15) is 45.1 Å². The average molecular weight is 266 g/mol. The minimum atomic E-state index is 0.472. The fourth-order valence-electron chi connectivity index (χ4n) is 2.65. The lowest BCUT2D eigenvalue weighted by atomic mass is 9.61. The number of benzene rings is 1. The van der Waals surface area contributed by atoms with Crippen molar-refractivity contribution in [2.24, 2.45) is 0 Å². The highest BCUT2D eigenvalue weighted by Crippen LogP contribution is 2.48. The van der Waals surface area contributed by atoms with Gasteiger partial charge in [-0.3, -0.25) is 0 Å². The molecule has 0 amide bonds. The van der Waals surface area contributed by atoms with Crippen molar-refractivity contribution >= 4 is 15.9 Å². The van der Waals surface area contributed by atoms with Crippen molar-refractivity contribution in [3.63, 3.8) is 0 Å². The van der Waals surface area contributed by atoms with Crippen LogP contribution in [0.2, 0.25) is 0 Å². The summed E-state index contributed by atoms with van der Waals surface area (Å²) >= 11 is 3.50. The predicted molar refractivity (Wildman–Crippen MR) is 68.9 cm³/mol. The molecule has 2 rings (SSSR count). The maximum Gasteiger partial charge on any atom is 0.0175 e. The zero-order valence-corrected chi connectivity index (χ0v) is 11.1. The first kappa shape index (κ1) is 11.2. The highest BCUT2D eigenvalue weighted by molar-refractivity contribution is 9.10. The van der Waals surface area contributed by atoms with Crippen LogP contribution in [0, 0.1) is 5.92 Å². The van der Waals surface area contributed by atoms with Crippen LogP contribution in [0.4, 0.5) is 0 Å². The van der Waals surface area contributed by atoms with Crippen LogP contribution >= 0.6 is 15.9 Å². The Labute approximate surface area is 101 Å². The molecule has 1 aromatic rings. The molecule has 15 heavy (non-hydrogen) atoms. The first-order valence-corrected chi connectivity index (χ1v) is 6.47. The average Bonchev–Trinajstić information content (AvgIpc) is 2.13. The summed E-state index contributed by atoms with van der Waals surface area (Å²) in [6, 6.07) is 8.90. The Morgan fingerprint density at radius 3 is 2.20 bits per heavy atom. The Bertz CT molecular complexity index is 320. The van der Waals surface area contributed by atoms with E-state index in [1.54, 1.807) is 5.92 Å². The van der Waals surface area contributed by atoms with Crippen LogP contribution < -0.4 is 0 Å². The van der Waals surface area contributed by atoms with Gasteiger partial charge in [0.1, 0.15) is 0 Å². The third-order valence-electron chi connectivity index (χ3n) is 3.46. The molecule has 0 nitrogen and oxygen atoms in total. The van der Waals surface area contributed by atoms with Crippen LogP contribution in [0.3, 0.4) is 0 Å². The quantitative estimate of drug-likeness (QED) is 0.731. The Morgan fingerprint density at radius 2 is 1.80 bits per heavy atom. The summed E-state index contributed by atoms with van der Waals surface area (Å²) in [5.74, 6) is 1.55. The van der Waals surface area contributed by atoms with E-state index in [1.165, 1.54) is 35.7 Å². The van der Waals surface area contributed by atoms with Crippen molar-refractivity contribution in [2.75, 3.05) is 0 Å². The Kier molecular flexibility index (Phi) is 3.20. The van der Waals surface area contributed by atoms with Crippen molar-refractivity contribution in [2.45, 2.75) is 44.9 Å². The number of halogens is 1. The van der Waals surface area contributed by atoms with E-state index in [0.717, 1.165) is 0 Å². The van der Waals surface area contributed by atoms with Crippen LogP contribution in [0.25, 0.3) is 0 Å². The van der Waals surface area contributed by atoms with E-state index in [4.69, 9.17) is 0 Å². The lowest BCUT2D eigenvalue weighted by Crippen LogP contribution is -2.35. The molecule has 0 bridgehead atoms. The molecule has 0 aliphatic heterocycles. The molecular formula is C14H18Br. The zero-order valence-electron chi connectivity index (χ0n) is 9.52. The van der Waals surface area contributed by atoms with E-state index in [9.17, 15) is 0 Å². The topological polar surface area (TPSA) is 0 Å². The summed E-state index contributed by atoms with van der Waals surface area (Å²) in [5.41, 5.74) is 2.00. The van der Waals surface area contributed by atoms with Gasteiger partial charge in [-0.1, -0.05) is 48.3 Å².